The summed E-state index contributed by atoms with van der Waals surface area (Å²) in [5.74, 6) is 0.738. The first-order valence-corrected chi connectivity index (χ1v) is 9.53. The second-order valence-corrected chi connectivity index (χ2v) is 7.38. The van der Waals surface area contributed by atoms with Gasteiger partial charge in [-0.1, -0.05) is 0 Å². The Labute approximate surface area is 160 Å². The normalized spacial score (nSPS) is 15.5. The number of fused-ring (bicyclic) bond motifs is 1. The van der Waals surface area contributed by atoms with E-state index < -0.39 is 0 Å². The molecule has 140 valence electrons. The van der Waals surface area contributed by atoms with Crippen molar-refractivity contribution in [3.05, 3.63) is 48.4 Å². The number of aromatic nitrogens is 3. The number of aryl methyl sites for hydroxylation is 1. The largest absolute Gasteiger partial charge is 0.369 e. The maximum Gasteiger partial charge on any atom is 0.158 e. The summed E-state index contributed by atoms with van der Waals surface area (Å²) in [6.07, 6.45) is 5.17. The van der Waals surface area contributed by atoms with Crippen molar-refractivity contribution in [1.82, 2.24) is 19.9 Å². The van der Waals surface area contributed by atoms with Gasteiger partial charge in [-0.25, -0.2) is 9.97 Å². The maximum absolute atomic E-state index is 4.47. The molecule has 0 bridgehead atoms. The van der Waals surface area contributed by atoms with Crippen LogP contribution in [0.1, 0.15) is 19.4 Å². The number of piperazine rings is 1. The smallest absolute Gasteiger partial charge is 0.158 e. The lowest BCUT2D eigenvalue weighted by Crippen LogP contribution is -2.48. The summed E-state index contributed by atoms with van der Waals surface area (Å²) in [4.78, 5) is 18.3. The Morgan fingerprint density at radius 1 is 0.926 bits per heavy atom. The first kappa shape index (κ1) is 17.7. The van der Waals surface area contributed by atoms with Crippen LogP contribution in [0.5, 0.6) is 0 Å². The highest BCUT2D eigenvalue weighted by Gasteiger charge is 2.19. The van der Waals surface area contributed by atoms with Gasteiger partial charge in [0, 0.05) is 62.2 Å². The fourth-order valence-corrected chi connectivity index (χ4v) is 3.64. The highest BCUT2D eigenvalue weighted by atomic mass is 15.3. The van der Waals surface area contributed by atoms with Crippen LogP contribution in [0.3, 0.4) is 0 Å². The molecule has 0 unspecified atom stereocenters. The van der Waals surface area contributed by atoms with Crippen LogP contribution < -0.4 is 10.2 Å². The van der Waals surface area contributed by atoms with E-state index in [4.69, 9.17) is 0 Å². The van der Waals surface area contributed by atoms with Gasteiger partial charge >= 0.3 is 0 Å². The van der Waals surface area contributed by atoms with Gasteiger partial charge in [-0.15, -0.1) is 0 Å². The Hall–Kier alpha value is -2.73. The zero-order chi connectivity index (χ0) is 18.8. The molecular weight excluding hydrogens is 336 g/mol. The molecule has 6 nitrogen and oxygen atoms in total. The highest BCUT2D eigenvalue weighted by Crippen LogP contribution is 2.27. The molecule has 1 aliphatic heterocycles. The van der Waals surface area contributed by atoms with E-state index in [0.717, 1.165) is 48.7 Å². The Morgan fingerprint density at radius 2 is 1.70 bits per heavy atom. The number of hydrogen-bond acceptors (Lipinski definition) is 6. The van der Waals surface area contributed by atoms with E-state index in [2.05, 4.69) is 69.0 Å². The molecule has 0 aliphatic carbocycles. The maximum atomic E-state index is 4.47. The van der Waals surface area contributed by atoms with Gasteiger partial charge in [0.1, 0.15) is 5.52 Å². The van der Waals surface area contributed by atoms with Crippen LogP contribution in [-0.4, -0.2) is 52.1 Å². The van der Waals surface area contributed by atoms with Gasteiger partial charge in [-0.05, 0) is 50.6 Å². The predicted octanol–water partition coefficient (Wildman–Crippen LogP) is 3.61. The van der Waals surface area contributed by atoms with E-state index in [1.54, 1.807) is 18.6 Å². The molecule has 4 rings (SSSR count). The zero-order valence-corrected chi connectivity index (χ0v) is 16.2. The number of rotatable bonds is 4. The van der Waals surface area contributed by atoms with Crippen LogP contribution in [0.4, 0.5) is 17.2 Å². The van der Waals surface area contributed by atoms with E-state index in [-0.39, 0.29) is 0 Å². The minimum atomic E-state index is 0.612. The standard InChI is InChI=1S/C21H26N6/c1-15(2)26-8-10-27(11-9-26)18-13-16(3)12-17(14-18)25-21-20-19(4-5-24-21)22-6-7-23-20/h4-7,12-15H,8-11H2,1-3H3,(H,24,25). The molecule has 3 heterocycles. The number of hydrogen-bond donors (Lipinski definition) is 1. The lowest BCUT2D eigenvalue weighted by molar-refractivity contribution is 0.209. The lowest BCUT2D eigenvalue weighted by Gasteiger charge is -2.38. The third kappa shape index (κ3) is 3.85. The van der Waals surface area contributed by atoms with Gasteiger partial charge < -0.3 is 10.2 Å². The Bertz CT molecular complexity index is 926. The third-order valence-electron chi connectivity index (χ3n) is 5.12. The Morgan fingerprint density at radius 3 is 2.48 bits per heavy atom. The Kier molecular flexibility index (Phi) is 4.90. The second kappa shape index (κ2) is 7.48. The molecule has 0 amide bonds. The summed E-state index contributed by atoms with van der Waals surface area (Å²) < 4.78 is 0. The van der Waals surface area contributed by atoms with Crippen molar-refractivity contribution in [3.8, 4) is 0 Å². The monoisotopic (exact) mass is 362 g/mol. The number of benzene rings is 1. The van der Waals surface area contributed by atoms with Crippen molar-refractivity contribution in [2.24, 2.45) is 0 Å². The van der Waals surface area contributed by atoms with E-state index in [0.29, 0.717) is 6.04 Å². The van der Waals surface area contributed by atoms with Crippen molar-refractivity contribution in [1.29, 1.82) is 0 Å². The molecule has 6 heteroatoms. The summed E-state index contributed by atoms with van der Waals surface area (Å²) in [6, 6.07) is 9.09. The first-order chi connectivity index (χ1) is 13.1. The molecule has 1 fully saturated rings. The number of nitrogens with zero attached hydrogens (tertiary/aromatic N) is 5. The van der Waals surface area contributed by atoms with Crippen molar-refractivity contribution < 1.29 is 0 Å². The van der Waals surface area contributed by atoms with Crippen molar-refractivity contribution in [2.75, 3.05) is 36.4 Å². The molecule has 1 aromatic carbocycles. The van der Waals surface area contributed by atoms with Crippen LogP contribution in [0.15, 0.2) is 42.9 Å². The van der Waals surface area contributed by atoms with Gasteiger partial charge in [0.05, 0.1) is 5.52 Å². The van der Waals surface area contributed by atoms with E-state index >= 15 is 0 Å². The van der Waals surface area contributed by atoms with Crippen LogP contribution in [0.2, 0.25) is 0 Å². The second-order valence-electron chi connectivity index (χ2n) is 7.38. The van der Waals surface area contributed by atoms with Gasteiger partial charge in [-0.2, -0.15) is 0 Å². The molecule has 1 N–H and O–H groups in total. The van der Waals surface area contributed by atoms with E-state index in [1.807, 2.05) is 6.07 Å². The SMILES string of the molecule is Cc1cc(Nc2nccc3nccnc23)cc(N2CCN(C(C)C)CC2)c1. The summed E-state index contributed by atoms with van der Waals surface area (Å²) >= 11 is 0. The molecule has 27 heavy (non-hydrogen) atoms. The summed E-state index contributed by atoms with van der Waals surface area (Å²) in [5.41, 5.74) is 5.14. The molecule has 1 saturated heterocycles. The Balaban J connectivity index is 1.58. The zero-order valence-electron chi connectivity index (χ0n) is 16.2. The molecule has 1 aliphatic rings. The quantitative estimate of drug-likeness (QED) is 0.765. The first-order valence-electron chi connectivity index (χ1n) is 9.53. The molecule has 0 saturated carbocycles. The van der Waals surface area contributed by atoms with Crippen molar-refractivity contribution in [2.45, 2.75) is 26.8 Å². The van der Waals surface area contributed by atoms with Gasteiger partial charge in [0.2, 0.25) is 0 Å². The van der Waals surface area contributed by atoms with Gasteiger partial charge in [0.25, 0.3) is 0 Å². The minimum Gasteiger partial charge on any atom is -0.369 e. The fourth-order valence-electron chi connectivity index (χ4n) is 3.64. The molecule has 0 atom stereocenters. The molecule has 3 aromatic rings. The molecule has 0 spiro atoms. The van der Waals surface area contributed by atoms with E-state index in [1.165, 1.54) is 11.3 Å². The molecular formula is C21H26N6. The summed E-state index contributed by atoms with van der Waals surface area (Å²) in [6.45, 7) is 11.0. The van der Waals surface area contributed by atoms with Gasteiger partial charge in [0.15, 0.2) is 5.82 Å². The third-order valence-corrected chi connectivity index (χ3v) is 5.12. The predicted molar refractivity (Wildman–Crippen MR) is 111 cm³/mol. The average Bonchev–Trinajstić information content (AvgIpc) is 2.68. The fraction of sp³-hybridized carbons (Fsp3) is 0.381. The number of pyridine rings is 1. The van der Waals surface area contributed by atoms with Crippen LogP contribution in [0, 0.1) is 6.92 Å². The average molecular weight is 362 g/mol. The summed E-state index contributed by atoms with van der Waals surface area (Å²) in [5, 5.41) is 3.44. The molecule has 0 radical (unpaired) electrons. The number of anilines is 3. The van der Waals surface area contributed by atoms with Crippen LogP contribution in [0.25, 0.3) is 11.0 Å². The minimum absolute atomic E-state index is 0.612. The topological polar surface area (TPSA) is 57.2 Å². The highest BCUT2D eigenvalue weighted by molar-refractivity contribution is 5.87. The lowest BCUT2D eigenvalue weighted by atomic mass is 10.1. The van der Waals surface area contributed by atoms with Gasteiger partial charge in [-0.3, -0.25) is 9.88 Å². The van der Waals surface area contributed by atoms with Crippen molar-refractivity contribution >= 4 is 28.2 Å². The van der Waals surface area contributed by atoms with Crippen LogP contribution >= 0.6 is 0 Å². The number of nitrogens with one attached hydrogen (secondary N) is 1. The van der Waals surface area contributed by atoms with Crippen molar-refractivity contribution in [3.63, 3.8) is 0 Å². The van der Waals surface area contributed by atoms with Crippen LogP contribution in [-0.2, 0) is 0 Å². The molecule has 2 aromatic heterocycles. The summed E-state index contributed by atoms with van der Waals surface area (Å²) in [7, 11) is 0. The van der Waals surface area contributed by atoms with E-state index in [9.17, 15) is 0 Å².